The van der Waals surface area contributed by atoms with Crippen LogP contribution in [0.1, 0.15) is 64.7 Å². The molecule has 1 N–H and O–H groups in total. The van der Waals surface area contributed by atoms with Crippen LogP contribution in [0, 0.1) is 0 Å². The Morgan fingerprint density at radius 2 is 1.63 bits per heavy atom. The second kappa shape index (κ2) is 16.4. The molecule has 1 atom stereocenters. The van der Waals surface area contributed by atoms with Crippen molar-refractivity contribution in [3.63, 3.8) is 0 Å². The zero-order valence-corrected chi connectivity index (χ0v) is 14.5. The van der Waals surface area contributed by atoms with E-state index in [2.05, 4.69) is 6.92 Å². The number of carboxylic acids is 1. The second-order valence-corrected chi connectivity index (χ2v) is 4.80. The largest absolute Gasteiger partial charge is 1.00 e. The predicted octanol–water partition coefficient (Wildman–Crippen LogP) is -1.35. The minimum Gasteiger partial charge on any atom is -0.548 e. The summed E-state index contributed by atoms with van der Waals surface area (Å²) >= 11 is 0. The van der Waals surface area contributed by atoms with Crippen molar-refractivity contribution in [3.05, 3.63) is 0 Å². The Balaban J connectivity index is 0. The van der Waals surface area contributed by atoms with E-state index in [9.17, 15) is 15.0 Å². The van der Waals surface area contributed by atoms with Gasteiger partial charge >= 0.3 is 29.6 Å². The maximum Gasteiger partial charge on any atom is 1.00 e. The van der Waals surface area contributed by atoms with Gasteiger partial charge in [-0.3, -0.25) is 0 Å². The van der Waals surface area contributed by atoms with Crippen molar-refractivity contribution in [1.29, 1.82) is 0 Å². The topological polar surface area (TPSA) is 69.6 Å². The van der Waals surface area contributed by atoms with Crippen LogP contribution in [0.5, 0.6) is 0 Å². The van der Waals surface area contributed by atoms with Crippen LogP contribution in [0.25, 0.3) is 0 Å². The summed E-state index contributed by atoms with van der Waals surface area (Å²) in [5.41, 5.74) is 0. The van der Waals surface area contributed by atoms with Crippen LogP contribution in [0.4, 0.5) is 0 Å². The molecule has 0 aromatic heterocycles. The summed E-state index contributed by atoms with van der Waals surface area (Å²) in [5, 5.41) is 19.6. The standard InChI is InChI=1S/C14H28O4.Na/c1-2-3-4-5-6-7-8-9-10-13(15)11-18-12-14(16)17;/h13,15H,2-12H2,1H3,(H,16,17);/q;+1/p-1. The summed E-state index contributed by atoms with van der Waals surface area (Å²) in [7, 11) is 0. The molecule has 1 unspecified atom stereocenters. The van der Waals surface area contributed by atoms with E-state index in [0.29, 0.717) is 6.42 Å². The first kappa shape index (κ1) is 21.7. The molecule has 0 saturated carbocycles. The Morgan fingerprint density at radius 1 is 1.11 bits per heavy atom. The summed E-state index contributed by atoms with van der Waals surface area (Å²) < 4.78 is 4.77. The fourth-order valence-corrected chi connectivity index (χ4v) is 1.88. The molecule has 5 heteroatoms. The molecule has 0 aliphatic rings. The molecular formula is C14H27NaO4. The van der Waals surface area contributed by atoms with Gasteiger partial charge in [-0.15, -0.1) is 0 Å². The third kappa shape index (κ3) is 18.4. The number of unbranched alkanes of at least 4 members (excludes halogenated alkanes) is 7. The molecule has 0 bridgehead atoms. The van der Waals surface area contributed by atoms with E-state index in [1.165, 1.54) is 38.5 Å². The van der Waals surface area contributed by atoms with Gasteiger partial charge in [-0.05, 0) is 6.42 Å². The number of aliphatic hydroxyl groups is 1. The molecule has 0 radical (unpaired) electrons. The number of hydrogen-bond donors (Lipinski definition) is 1. The van der Waals surface area contributed by atoms with Crippen molar-refractivity contribution in [1.82, 2.24) is 0 Å². The van der Waals surface area contributed by atoms with E-state index < -0.39 is 18.7 Å². The first-order valence-corrected chi connectivity index (χ1v) is 7.12. The Hall–Kier alpha value is 0.390. The number of carbonyl (C=O) groups excluding carboxylic acids is 1. The molecule has 4 nitrogen and oxygen atoms in total. The summed E-state index contributed by atoms with van der Waals surface area (Å²) in [6.45, 7) is 1.86. The van der Waals surface area contributed by atoms with Crippen LogP contribution in [0.2, 0.25) is 0 Å². The van der Waals surface area contributed by atoms with Gasteiger partial charge in [-0.2, -0.15) is 0 Å². The number of carboxylic acid groups (broad SMARTS) is 1. The molecule has 19 heavy (non-hydrogen) atoms. The van der Waals surface area contributed by atoms with Crippen molar-refractivity contribution < 1.29 is 49.3 Å². The second-order valence-electron chi connectivity index (χ2n) is 4.80. The fourth-order valence-electron chi connectivity index (χ4n) is 1.88. The Labute approximate surface area is 139 Å². The smallest absolute Gasteiger partial charge is 0.548 e. The van der Waals surface area contributed by atoms with Crippen molar-refractivity contribution in [2.45, 2.75) is 70.8 Å². The van der Waals surface area contributed by atoms with Crippen LogP contribution < -0.4 is 34.7 Å². The van der Waals surface area contributed by atoms with Gasteiger partial charge in [0.05, 0.1) is 25.3 Å². The number of rotatable bonds is 13. The quantitative estimate of drug-likeness (QED) is 0.335. The molecule has 0 saturated heterocycles. The molecule has 0 fully saturated rings. The molecular weight excluding hydrogens is 255 g/mol. The Bertz CT molecular complexity index is 200. The van der Waals surface area contributed by atoms with E-state index in [4.69, 9.17) is 4.74 Å². The summed E-state index contributed by atoms with van der Waals surface area (Å²) in [6.07, 6.45) is 9.97. The monoisotopic (exact) mass is 282 g/mol. The van der Waals surface area contributed by atoms with E-state index >= 15 is 0 Å². The van der Waals surface area contributed by atoms with Crippen LogP contribution >= 0.6 is 0 Å². The van der Waals surface area contributed by atoms with Gasteiger partial charge in [0.2, 0.25) is 0 Å². The van der Waals surface area contributed by atoms with Gasteiger partial charge < -0.3 is 19.7 Å². The molecule has 0 amide bonds. The first-order valence-electron chi connectivity index (χ1n) is 7.12. The third-order valence-corrected chi connectivity index (χ3v) is 2.92. The van der Waals surface area contributed by atoms with Gasteiger partial charge in [-0.1, -0.05) is 58.3 Å². The molecule has 0 rings (SSSR count). The van der Waals surface area contributed by atoms with Gasteiger partial charge in [0.15, 0.2) is 0 Å². The van der Waals surface area contributed by atoms with Crippen molar-refractivity contribution in [2.75, 3.05) is 13.2 Å². The van der Waals surface area contributed by atoms with Crippen molar-refractivity contribution in [3.8, 4) is 0 Å². The van der Waals surface area contributed by atoms with E-state index in [-0.39, 0.29) is 36.2 Å². The SMILES string of the molecule is CCCCCCCCCCC(O)COCC(=O)[O-].[Na+]. The van der Waals surface area contributed by atoms with Gasteiger partial charge in [-0.25, -0.2) is 0 Å². The maximum absolute atomic E-state index is 10.1. The predicted molar refractivity (Wildman–Crippen MR) is 69.1 cm³/mol. The minimum absolute atomic E-state index is 0. The number of ether oxygens (including phenoxy) is 1. The Kier molecular flexibility index (Phi) is 18.8. The molecule has 0 aliphatic carbocycles. The molecule has 0 aromatic carbocycles. The van der Waals surface area contributed by atoms with E-state index in [1.807, 2.05) is 0 Å². The molecule has 0 spiro atoms. The summed E-state index contributed by atoms with van der Waals surface area (Å²) in [6, 6.07) is 0. The minimum atomic E-state index is -1.24. The zero-order chi connectivity index (χ0) is 13.6. The van der Waals surface area contributed by atoms with Crippen LogP contribution in [0.15, 0.2) is 0 Å². The molecule has 108 valence electrons. The third-order valence-electron chi connectivity index (χ3n) is 2.92. The van der Waals surface area contributed by atoms with Crippen molar-refractivity contribution >= 4 is 5.97 Å². The van der Waals surface area contributed by atoms with Crippen LogP contribution in [0.3, 0.4) is 0 Å². The number of carbonyl (C=O) groups is 1. The van der Waals surface area contributed by atoms with Crippen LogP contribution in [-0.2, 0) is 9.53 Å². The van der Waals surface area contributed by atoms with Crippen molar-refractivity contribution in [2.24, 2.45) is 0 Å². The van der Waals surface area contributed by atoms with E-state index in [0.717, 1.165) is 12.8 Å². The fraction of sp³-hybridized carbons (Fsp3) is 0.929. The average molecular weight is 282 g/mol. The van der Waals surface area contributed by atoms with Crippen LogP contribution in [-0.4, -0.2) is 30.4 Å². The number of aliphatic hydroxyl groups excluding tert-OH is 1. The maximum atomic E-state index is 10.1. The van der Waals surface area contributed by atoms with Gasteiger partial charge in [0.25, 0.3) is 0 Å². The van der Waals surface area contributed by atoms with Gasteiger partial charge in [0.1, 0.15) is 0 Å². The summed E-state index contributed by atoms with van der Waals surface area (Å²) in [5.74, 6) is -1.24. The number of hydrogen-bond acceptors (Lipinski definition) is 4. The molecule has 0 aromatic rings. The summed E-state index contributed by atoms with van der Waals surface area (Å²) in [4.78, 5) is 10.1. The Morgan fingerprint density at radius 3 is 2.16 bits per heavy atom. The van der Waals surface area contributed by atoms with Gasteiger partial charge in [0, 0.05) is 0 Å². The molecule has 0 aliphatic heterocycles. The normalized spacial score (nSPS) is 11.9. The average Bonchev–Trinajstić information content (AvgIpc) is 2.32. The first-order chi connectivity index (χ1) is 8.66. The molecule has 0 heterocycles. The number of aliphatic carboxylic acids is 1. The zero-order valence-electron chi connectivity index (χ0n) is 12.5. The van der Waals surface area contributed by atoms with E-state index in [1.54, 1.807) is 0 Å².